The molecule has 3 heteroatoms. The maximum absolute atomic E-state index is 12.2. The van der Waals surface area contributed by atoms with Gasteiger partial charge < -0.3 is 5.32 Å². The number of thioether (sulfide) groups is 1. The first-order valence-electron chi connectivity index (χ1n) is 7.47. The molecule has 0 spiro atoms. The van der Waals surface area contributed by atoms with Crippen LogP contribution in [0.1, 0.15) is 30.6 Å². The topological polar surface area (TPSA) is 29.1 Å². The van der Waals surface area contributed by atoms with Crippen molar-refractivity contribution in [2.24, 2.45) is 0 Å². The van der Waals surface area contributed by atoms with Crippen molar-refractivity contribution in [3.8, 4) is 0 Å². The summed E-state index contributed by atoms with van der Waals surface area (Å²) in [6.07, 6.45) is 2.79. The average Bonchev–Trinajstić information content (AvgIpc) is 2.54. The highest BCUT2D eigenvalue weighted by Gasteiger charge is 2.05. The molecule has 0 bridgehead atoms. The number of benzene rings is 2. The van der Waals surface area contributed by atoms with Gasteiger partial charge in [0.2, 0.25) is 0 Å². The minimum atomic E-state index is 0.0179. The van der Waals surface area contributed by atoms with Crippen molar-refractivity contribution in [3.05, 3.63) is 71.9 Å². The first-order chi connectivity index (χ1) is 10.7. The fraction of sp³-hybridized carbons (Fsp3) is 0.211. The average molecular weight is 311 g/mol. The number of carbonyl (C=O) groups excluding carboxylic acids is 1. The van der Waals surface area contributed by atoms with Crippen molar-refractivity contribution >= 4 is 23.2 Å². The molecule has 0 unspecified atom stereocenters. The monoisotopic (exact) mass is 311 g/mol. The van der Waals surface area contributed by atoms with Crippen molar-refractivity contribution in [3.63, 3.8) is 0 Å². The fourth-order valence-electron chi connectivity index (χ4n) is 2.04. The van der Waals surface area contributed by atoms with Crippen LogP contribution in [-0.2, 0) is 0 Å². The summed E-state index contributed by atoms with van der Waals surface area (Å²) in [5, 5.41) is 3.34. The molecule has 0 heterocycles. The molecule has 0 fully saturated rings. The zero-order valence-corrected chi connectivity index (χ0v) is 13.8. The van der Waals surface area contributed by atoms with E-state index < -0.39 is 0 Å². The van der Waals surface area contributed by atoms with Crippen molar-refractivity contribution in [2.45, 2.75) is 25.2 Å². The van der Waals surface area contributed by atoms with Gasteiger partial charge in [-0.05, 0) is 31.2 Å². The molecule has 0 radical (unpaired) electrons. The van der Waals surface area contributed by atoms with Crippen molar-refractivity contribution in [1.82, 2.24) is 0 Å². The van der Waals surface area contributed by atoms with Crippen LogP contribution in [0.2, 0.25) is 0 Å². The quantitative estimate of drug-likeness (QED) is 0.422. The van der Waals surface area contributed by atoms with Crippen LogP contribution in [0.3, 0.4) is 0 Å². The van der Waals surface area contributed by atoms with Crippen LogP contribution in [0, 0.1) is 0 Å². The van der Waals surface area contributed by atoms with Gasteiger partial charge in [-0.25, -0.2) is 0 Å². The molecule has 0 saturated carbocycles. The van der Waals surface area contributed by atoms with Gasteiger partial charge in [-0.2, -0.15) is 0 Å². The molecule has 22 heavy (non-hydrogen) atoms. The summed E-state index contributed by atoms with van der Waals surface area (Å²) in [5.41, 5.74) is 2.60. The highest BCUT2D eigenvalue weighted by atomic mass is 32.2. The first kappa shape index (κ1) is 16.4. The SMILES string of the molecule is CCCSc1ccccc1N/C(C)=C/C(=O)c1ccccc1. The van der Waals surface area contributed by atoms with Gasteiger partial charge in [0.25, 0.3) is 0 Å². The normalized spacial score (nSPS) is 11.3. The van der Waals surface area contributed by atoms with Gasteiger partial charge in [-0.15, -0.1) is 11.8 Å². The molecule has 114 valence electrons. The van der Waals surface area contributed by atoms with Crippen LogP contribution >= 0.6 is 11.8 Å². The largest absolute Gasteiger partial charge is 0.358 e. The number of hydrogen-bond donors (Lipinski definition) is 1. The maximum Gasteiger partial charge on any atom is 0.187 e. The van der Waals surface area contributed by atoms with Crippen LogP contribution in [0.4, 0.5) is 5.69 Å². The lowest BCUT2D eigenvalue weighted by Gasteiger charge is -2.11. The summed E-state index contributed by atoms with van der Waals surface area (Å²) in [6, 6.07) is 17.5. The van der Waals surface area contributed by atoms with Crippen molar-refractivity contribution in [2.75, 3.05) is 11.1 Å². The molecule has 0 aromatic heterocycles. The van der Waals surface area contributed by atoms with Crippen LogP contribution in [-0.4, -0.2) is 11.5 Å². The van der Waals surface area contributed by atoms with Gasteiger partial charge in [0.05, 0.1) is 5.69 Å². The van der Waals surface area contributed by atoms with Gasteiger partial charge in [-0.3, -0.25) is 4.79 Å². The molecule has 0 atom stereocenters. The Kier molecular flexibility index (Phi) is 6.28. The second-order valence-electron chi connectivity index (χ2n) is 5.03. The van der Waals surface area contributed by atoms with E-state index in [9.17, 15) is 4.79 Å². The van der Waals surface area contributed by atoms with E-state index in [1.165, 1.54) is 4.90 Å². The molecule has 2 rings (SSSR count). The third-order valence-corrected chi connectivity index (χ3v) is 4.37. The summed E-state index contributed by atoms with van der Waals surface area (Å²) < 4.78 is 0. The van der Waals surface area contributed by atoms with Crippen molar-refractivity contribution in [1.29, 1.82) is 0 Å². The Morgan fingerprint density at radius 2 is 1.77 bits per heavy atom. The molecule has 0 aliphatic heterocycles. The highest BCUT2D eigenvalue weighted by molar-refractivity contribution is 7.99. The summed E-state index contributed by atoms with van der Waals surface area (Å²) in [6.45, 7) is 4.09. The predicted molar refractivity (Wildman–Crippen MR) is 95.6 cm³/mol. The fourth-order valence-corrected chi connectivity index (χ4v) is 2.91. The molecule has 2 aromatic carbocycles. The Bertz CT molecular complexity index is 649. The third-order valence-electron chi connectivity index (χ3n) is 3.09. The Hall–Kier alpha value is -2.00. The number of nitrogens with one attached hydrogen (secondary N) is 1. The second kappa shape index (κ2) is 8.44. The zero-order chi connectivity index (χ0) is 15.8. The molecule has 2 nitrogen and oxygen atoms in total. The Morgan fingerprint density at radius 3 is 2.50 bits per heavy atom. The minimum absolute atomic E-state index is 0.0179. The van der Waals surface area contributed by atoms with E-state index in [0.29, 0.717) is 5.56 Å². The van der Waals surface area contributed by atoms with Gasteiger partial charge in [0.1, 0.15) is 0 Å². The summed E-state index contributed by atoms with van der Waals surface area (Å²) >= 11 is 1.83. The Balaban J connectivity index is 2.10. The summed E-state index contributed by atoms with van der Waals surface area (Å²) in [4.78, 5) is 13.4. The van der Waals surface area contributed by atoms with Crippen molar-refractivity contribution < 1.29 is 4.79 Å². The molecule has 0 aliphatic carbocycles. The molecular weight excluding hydrogens is 290 g/mol. The standard InChI is InChI=1S/C19H21NOS/c1-3-13-22-19-12-8-7-11-17(19)20-15(2)14-18(21)16-9-5-4-6-10-16/h4-12,14,20H,3,13H2,1-2H3/b15-14+. The Morgan fingerprint density at radius 1 is 1.09 bits per heavy atom. The number of anilines is 1. The van der Waals surface area contributed by atoms with Gasteiger partial charge in [-0.1, -0.05) is 49.4 Å². The van der Waals surface area contributed by atoms with Crippen LogP contribution < -0.4 is 5.32 Å². The number of allylic oxidation sites excluding steroid dienone is 2. The van der Waals surface area contributed by atoms with Gasteiger partial charge in [0, 0.05) is 22.2 Å². The smallest absolute Gasteiger partial charge is 0.187 e. The van der Waals surface area contributed by atoms with E-state index in [1.54, 1.807) is 6.08 Å². The lowest BCUT2D eigenvalue weighted by atomic mass is 10.1. The van der Waals surface area contributed by atoms with E-state index in [4.69, 9.17) is 0 Å². The van der Waals surface area contributed by atoms with Crippen LogP contribution in [0.25, 0.3) is 0 Å². The first-order valence-corrected chi connectivity index (χ1v) is 8.46. The van der Waals surface area contributed by atoms with Crippen LogP contribution in [0.5, 0.6) is 0 Å². The summed E-state index contributed by atoms with van der Waals surface area (Å²) in [7, 11) is 0. The molecule has 0 amide bonds. The van der Waals surface area contributed by atoms with Gasteiger partial charge in [0.15, 0.2) is 5.78 Å². The van der Waals surface area contributed by atoms with Gasteiger partial charge >= 0.3 is 0 Å². The van der Waals surface area contributed by atoms with Crippen LogP contribution in [0.15, 0.2) is 71.3 Å². The number of ketones is 1. The number of hydrogen-bond acceptors (Lipinski definition) is 3. The van der Waals surface area contributed by atoms with E-state index in [-0.39, 0.29) is 5.78 Å². The van der Waals surface area contributed by atoms with E-state index in [1.807, 2.05) is 67.2 Å². The third kappa shape index (κ3) is 4.78. The van der Waals surface area contributed by atoms with E-state index >= 15 is 0 Å². The lowest BCUT2D eigenvalue weighted by molar-refractivity contribution is 0.104. The summed E-state index contributed by atoms with van der Waals surface area (Å²) in [5.74, 6) is 1.11. The number of para-hydroxylation sites is 1. The number of carbonyl (C=O) groups is 1. The Labute approximate surface area is 136 Å². The minimum Gasteiger partial charge on any atom is -0.358 e. The molecule has 0 aliphatic rings. The molecular formula is C19H21NOS. The zero-order valence-electron chi connectivity index (χ0n) is 13.0. The van der Waals surface area contributed by atoms with E-state index in [0.717, 1.165) is 23.6 Å². The highest BCUT2D eigenvalue weighted by Crippen LogP contribution is 2.28. The lowest BCUT2D eigenvalue weighted by Crippen LogP contribution is -2.02. The molecule has 1 N–H and O–H groups in total. The van der Waals surface area contributed by atoms with E-state index in [2.05, 4.69) is 18.3 Å². The molecule has 2 aromatic rings. The maximum atomic E-state index is 12.2. The predicted octanol–water partition coefficient (Wildman–Crippen LogP) is 5.39. The number of rotatable bonds is 7. The second-order valence-corrected chi connectivity index (χ2v) is 6.16. The molecule has 0 saturated heterocycles.